The Morgan fingerprint density at radius 2 is 2.14 bits per heavy atom. The van der Waals surface area contributed by atoms with Gasteiger partial charge in [-0.1, -0.05) is 13.8 Å². The Labute approximate surface area is 83.5 Å². The van der Waals surface area contributed by atoms with Crippen LogP contribution in [0.1, 0.15) is 36.8 Å². The van der Waals surface area contributed by atoms with Crippen molar-refractivity contribution in [2.45, 2.75) is 32.8 Å². The van der Waals surface area contributed by atoms with E-state index in [1.54, 1.807) is 0 Å². The third-order valence-corrected chi connectivity index (χ3v) is 2.39. The highest BCUT2D eigenvalue weighted by Crippen LogP contribution is 2.22. The molecule has 0 aliphatic carbocycles. The molecule has 2 N–H and O–H groups in total. The van der Waals surface area contributed by atoms with E-state index in [-0.39, 0.29) is 0 Å². The van der Waals surface area contributed by atoms with Crippen molar-refractivity contribution in [3.05, 3.63) is 17.1 Å². The summed E-state index contributed by atoms with van der Waals surface area (Å²) in [4.78, 5) is 8.78. The van der Waals surface area contributed by atoms with Crippen LogP contribution in [0.3, 0.4) is 0 Å². The highest BCUT2D eigenvalue weighted by molar-refractivity contribution is 5.43. The fraction of sp³-hybridized carbons (Fsp3) is 0.600. The molecule has 0 saturated heterocycles. The molecule has 0 bridgehead atoms. The molecule has 0 aromatic carbocycles. The molecular formula is C10H15N3O. The van der Waals surface area contributed by atoms with Gasteiger partial charge in [0.15, 0.2) is 0 Å². The van der Waals surface area contributed by atoms with Crippen molar-refractivity contribution in [1.29, 1.82) is 0 Å². The Hall–Kier alpha value is -1.16. The second-order valence-electron chi connectivity index (χ2n) is 3.85. The molecule has 76 valence electrons. The molecule has 1 aromatic rings. The number of nitrogens with zero attached hydrogens (tertiary/aromatic N) is 2. The number of hydrogen-bond donors (Lipinski definition) is 1. The van der Waals surface area contributed by atoms with Crippen LogP contribution in [0.2, 0.25) is 0 Å². The maximum atomic E-state index is 5.85. The molecule has 1 aromatic heterocycles. The molecule has 2 heterocycles. The predicted molar refractivity (Wildman–Crippen MR) is 53.9 cm³/mol. The largest absolute Gasteiger partial charge is 0.383 e. The van der Waals surface area contributed by atoms with Gasteiger partial charge in [-0.15, -0.1) is 0 Å². The Bertz CT molecular complexity index is 349. The average Bonchev–Trinajstić information content (AvgIpc) is 2.17. The van der Waals surface area contributed by atoms with E-state index in [9.17, 15) is 0 Å². The summed E-state index contributed by atoms with van der Waals surface area (Å²) in [5.41, 5.74) is 7.88. The molecule has 0 saturated carbocycles. The number of anilines is 1. The number of rotatable bonds is 1. The molecular weight excluding hydrogens is 178 g/mol. The molecule has 4 heteroatoms. The molecule has 1 aliphatic heterocycles. The Morgan fingerprint density at radius 1 is 1.36 bits per heavy atom. The van der Waals surface area contributed by atoms with Crippen LogP contribution in [-0.2, 0) is 17.8 Å². The van der Waals surface area contributed by atoms with Gasteiger partial charge in [-0.05, 0) is 0 Å². The van der Waals surface area contributed by atoms with Gasteiger partial charge in [0.25, 0.3) is 0 Å². The van der Waals surface area contributed by atoms with Crippen LogP contribution < -0.4 is 5.73 Å². The molecule has 14 heavy (non-hydrogen) atoms. The molecule has 0 spiro atoms. The van der Waals surface area contributed by atoms with E-state index in [0.717, 1.165) is 30.1 Å². The van der Waals surface area contributed by atoms with Gasteiger partial charge < -0.3 is 10.5 Å². The molecule has 0 radical (unpaired) electrons. The zero-order chi connectivity index (χ0) is 10.1. The summed E-state index contributed by atoms with van der Waals surface area (Å²) in [6.07, 6.45) is 0.849. The van der Waals surface area contributed by atoms with Crippen LogP contribution in [0.15, 0.2) is 0 Å². The van der Waals surface area contributed by atoms with Gasteiger partial charge in [-0.25, -0.2) is 9.97 Å². The van der Waals surface area contributed by atoms with E-state index in [1.807, 2.05) is 0 Å². The predicted octanol–water partition coefficient (Wildman–Crippen LogP) is 1.25. The average molecular weight is 193 g/mol. The third kappa shape index (κ3) is 1.57. The van der Waals surface area contributed by atoms with Crippen molar-refractivity contribution >= 4 is 5.82 Å². The number of hydrogen-bond acceptors (Lipinski definition) is 4. The topological polar surface area (TPSA) is 61.0 Å². The summed E-state index contributed by atoms with van der Waals surface area (Å²) < 4.78 is 5.32. The summed E-state index contributed by atoms with van der Waals surface area (Å²) in [5, 5.41) is 0. The standard InChI is InChI=1S/C10H15N3O/c1-6(2)10-12-8-3-4-14-5-7(8)9(11)13-10/h6H,3-5H2,1-2H3,(H2,11,12,13). The number of ether oxygens (including phenoxy) is 1. The van der Waals surface area contributed by atoms with Gasteiger partial charge in [0.1, 0.15) is 11.6 Å². The van der Waals surface area contributed by atoms with Gasteiger partial charge >= 0.3 is 0 Å². The van der Waals surface area contributed by atoms with Crippen molar-refractivity contribution in [2.75, 3.05) is 12.3 Å². The summed E-state index contributed by atoms with van der Waals surface area (Å²) >= 11 is 0. The molecule has 1 aliphatic rings. The highest BCUT2D eigenvalue weighted by atomic mass is 16.5. The SMILES string of the molecule is CC(C)c1nc(N)c2c(n1)CCOC2. The molecule has 0 atom stereocenters. The Kier molecular flexibility index (Phi) is 2.37. The van der Waals surface area contributed by atoms with E-state index in [4.69, 9.17) is 10.5 Å². The minimum atomic E-state index is 0.324. The first-order valence-corrected chi connectivity index (χ1v) is 4.91. The van der Waals surface area contributed by atoms with Gasteiger partial charge in [0.2, 0.25) is 0 Å². The van der Waals surface area contributed by atoms with Crippen LogP contribution in [0, 0.1) is 0 Å². The fourth-order valence-electron chi connectivity index (χ4n) is 1.53. The summed E-state index contributed by atoms with van der Waals surface area (Å²) in [6, 6.07) is 0. The molecule has 0 unspecified atom stereocenters. The van der Waals surface area contributed by atoms with Crippen molar-refractivity contribution in [1.82, 2.24) is 9.97 Å². The lowest BCUT2D eigenvalue weighted by atomic mass is 10.1. The summed E-state index contributed by atoms with van der Waals surface area (Å²) in [6.45, 7) is 5.43. The maximum absolute atomic E-state index is 5.85. The van der Waals surface area contributed by atoms with Gasteiger partial charge in [-0.2, -0.15) is 0 Å². The molecule has 2 rings (SSSR count). The van der Waals surface area contributed by atoms with Gasteiger partial charge in [0, 0.05) is 17.9 Å². The second-order valence-corrected chi connectivity index (χ2v) is 3.85. The van der Waals surface area contributed by atoms with E-state index in [1.165, 1.54) is 0 Å². The van der Waals surface area contributed by atoms with Crippen molar-refractivity contribution in [3.8, 4) is 0 Å². The van der Waals surface area contributed by atoms with Crippen molar-refractivity contribution < 1.29 is 4.74 Å². The van der Waals surface area contributed by atoms with Crippen molar-refractivity contribution in [2.24, 2.45) is 0 Å². The zero-order valence-electron chi connectivity index (χ0n) is 8.58. The first-order chi connectivity index (χ1) is 6.68. The summed E-state index contributed by atoms with van der Waals surface area (Å²) in [5.74, 6) is 1.74. The highest BCUT2D eigenvalue weighted by Gasteiger charge is 2.17. The first-order valence-electron chi connectivity index (χ1n) is 4.91. The Balaban J connectivity index is 2.46. The van der Waals surface area contributed by atoms with E-state index >= 15 is 0 Å². The molecule has 0 amide bonds. The molecule has 0 fully saturated rings. The smallest absolute Gasteiger partial charge is 0.133 e. The monoisotopic (exact) mass is 193 g/mol. The maximum Gasteiger partial charge on any atom is 0.133 e. The van der Waals surface area contributed by atoms with Crippen LogP contribution in [0.4, 0.5) is 5.82 Å². The number of nitrogens with two attached hydrogens (primary N) is 1. The lowest BCUT2D eigenvalue weighted by molar-refractivity contribution is 0.109. The van der Waals surface area contributed by atoms with Crippen molar-refractivity contribution in [3.63, 3.8) is 0 Å². The van der Waals surface area contributed by atoms with Crippen LogP contribution in [0.5, 0.6) is 0 Å². The number of fused-ring (bicyclic) bond motifs is 1. The van der Waals surface area contributed by atoms with E-state index in [2.05, 4.69) is 23.8 Å². The number of aromatic nitrogens is 2. The second kappa shape index (κ2) is 3.53. The van der Waals surface area contributed by atoms with Crippen LogP contribution in [0.25, 0.3) is 0 Å². The quantitative estimate of drug-likeness (QED) is 0.729. The minimum Gasteiger partial charge on any atom is -0.383 e. The van der Waals surface area contributed by atoms with Gasteiger partial charge in [0.05, 0.1) is 18.9 Å². The van der Waals surface area contributed by atoms with E-state index in [0.29, 0.717) is 18.3 Å². The Morgan fingerprint density at radius 3 is 2.86 bits per heavy atom. The van der Waals surface area contributed by atoms with Crippen LogP contribution >= 0.6 is 0 Å². The normalized spacial score (nSPS) is 15.6. The van der Waals surface area contributed by atoms with Crippen LogP contribution in [-0.4, -0.2) is 16.6 Å². The lowest BCUT2D eigenvalue weighted by Crippen LogP contribution is -2.17. The molecule has 4 nitrogen and oxygen atoms in total. The zero-order valence-corrected chi connectivity index (χ0v) is 8.58. The van der Waals surface area contributed by atoms with Gasteiger partial charge in [-0.3, -0.25) is 0 Å². The van der Waals surface area contributed by atoms with E-state index < -0.39 is 0 Å². The first kappa shape index (κ1) is 9.40. The lowest BCUT2D eigenvalue weighted by Gasteiger charge is -2.18. The number of nitrogen functional groups attached to an aromatic ring is 1. The third-order valence-electron chi connectivity index (χ3n) is 2.39. The fourth-order valence-corrected chi connectivity index (χ4v) is 1.53. The summed E-state index contributed by atoms with van der Waals surface area (Å²) in [7, 11) is 0. The minimum absolute atomic E-state index is 0.324.